The van der Waals surface area contributed by atoms with Crippen molar-refractivity contribution < 1.29 is 22.7 Å². The maximum atomic E-state index is 12.0. The molecule has 0 radical (unpaired) electrons. The first-order valence-electron chi connectivity index (χ1n) is 6.37. The molecule has 2 aliphatic heterocycles. The number of likely N-dealkylation sites (tertiary alicyclic amines) is 1. The number of carbonyl (C=O) groups is 1. The second-order valence-corrected chi connectivity index (χ2v) is 5.79. The molecule has 0 bridgehead atoms. The van der Waals surface area contributed by atoms with E-state index in [-0.39, 0.29) is 11.4 Å². The highest BCUT2D eigenvalue weighted by atomic mass is 19.4. The average molecular weight is 280 g/mol. The van der Waals surface area contributed by atoms with Crippen LogP contribution in [-0.2, 0) is 9.53 Å². The Morgan fingerprint density at radius 2 is 2.11 bits per heavy atom. The molecule has 0 spiro atoms. The van der Waals surface area contributed by atoms with Gasteiger partial charge >= 0.3 is 6.18 Å². The van der Waals surface area contributed by atoms with E-state index in [0.717, 1.165) is 13.1 Å². The standard InChI is InChI=1S/C12H19F3N2O2/c1-11(2)9-4-16-3-8(9)5-17(11)10(18)6-19-7-12(13,14)15/h8-9,16H,3-7H2,1-2H3. The van der Waals surface area contributed by atoms with E-state index in [1.165, 1.54) is 0 Å². The molecule has 0 saturated carbocycles. The Kier molecular flexibility index (Phi) is 3.79. The number of hydrogen-bond donors (Lipinski definition) is 1. The summed E-state index contributed by atoms with van der Waals surface area (Å²) in [5, 5.41) is 3.28. The van der Waals surface area contributed by atoms with E-state index in [0.29, 0.717) is 18.4 Å². The molecular weight excluding hydrogens is 261 g/mol. The Bertz CT molecular complexity index is 357. The van der Waals surface area contributed by atoms with Crippen molar-refractivity contribution in [3.8, 4) is 0 Å². The van der Waals surface area contributed by atoms with Crippen molar-refractivity contribution >= 4 is 5.91 Å². The zero-order chi connectivity index (χ0) is 14.3. The third-order valence-corrected chi connectivity index (χ3v) is 4.15. The second-order valence-electron chi connectivity index (χ2n) is 5.79. The molecule has 0 aliphatic carbocycles. The lowest BCUT2D eigenvalue weighted by Crippen LogP contribution is -2.49. The van der Waals surface area contributed by atoms with Gasteiger partial charge in [-0.05, 0) is 25.7 Å². The molecule has 0 aromatic carbocycles. The van der Waals surface area contributed by atoms with Gasteiger partial charge in [0.15, 0.2) is 0 Å². The Labute approximate surface area is 110 Å². The van der Waals surface area contributed by atoms with E-state index in [4.69, 9.17) is 0 Å². The van der Waals surface area contributed by atoms with Crippen molar-refractivity contribution in [2.24, 2.45) is 11.8 Å². The number of amides is 1. The average Bonchev–Trinajstić information content (AvgIpc) is 2.79. The van der Waals surface area contributed by atoms with Crippen LogP contribution < -0.4 is 5.32 Å². The lowest BCUT2D eigenvalue weighted by Gasteiger charge is -2.35. The van der Waals surface area contributed by atoms with E-state index in [1.54, 1.807) is 4.90 Å². The van der Waals surface area contributed by atoms with E-state index in [1.807, 2.05) is 13.8 Å². The van der Waals surface area contributed by atoms with Gasteiger partial charge < -0.3 is 15.0 Å². The Morgan fingerprint density at radius 1 is 1.42 bits per heavy atom. The molecule has 0 aromatic heterocycles. The summed E-state index contributed by atoms with van der Waals surface area (Å²) in [6.45, 7) is 4.36. The molecule has 0 aromatic rings. The minimum absolute atomic E-state index is 0.327. The fourth-order valence-electron chi connectivity index (χ4n) is 3.18. The van der Waals surface area contributed by atoms with Crippen LogP contribution in [-0.4, -0.2) is 55.4 Å². The number of nitrogens with one attached hydrogen (secondary N) is 1. The van der Waals surface area contributed by atoms with E-state index < -0.39 is 19.4 Å². The zero-order valence-corrected chi connectivity index (χ0v) is 11.1. The molecule has 4 nitrogen and oxygen atoms in total. The van der Waals surface area contributed by atoms with Gasteiger partial charge in [0, 0.05) is 25.2 Å². The first kappa shape index (κ1) is 14.6. The summed E-state index contributed by atoms with van der Waals surface area (Å²) in [7, 11) is 0. The van der Waals surface area contributed by atoms with Gasteiger partial charge in [0.05, 0.1) is 0 Å². The fourth-order valence-corrected chi connectivity index (χ4v) is 3.18. The van der Waals surface area contributed by atoms with Gasteiger partial charge in [-0.2, -0.15) is 13.2 Å². The lowest BCUT2D eigenvalue weighted by atomic mass is 9.85. The molecule has 110 valence electrons. The molecule has 1 N–H and O–H groups in total. The first-order chi connectivity index (χ1) is 8.72. The second kappa shape index (κ2) is 4.94. The van der Waals surface area contributed by atoms with Gasteiger partial charge in [0.25, 0.3) is 0 Å². The summed E-state index contributed by atoms with van der Waals surface area (Å²) in [4.78, 5) is 13.7. The summed E-state index contributed by atoms with van der Waals surface area (Å²) >= 11 is 0. The molecule has 2 atom stereocenters. The van der Waals surface area contributed by atoms with Crippen LogP contribution in [0.3, 0.4) is 0 Å². The van der Waals surface area contributed by atoms with Crippen LogP contribution in [0.4, 0.5) is 13.2 Å². The lowest BCUT2D eigenvalue weighted by molar-refractivity contribution is -0.178. The van der Waals surface area contributed by atoms with Crippen LogP contribution in [0, 0.1) is 11.8 Å². The summed E-state index contributed by atoms with van der Waals surface area (Å²) < 4.78 is 40.4. The van der Waals surface area contributed by atoms with E-state index in [9.17, 15) is 18.0 Å². The number of rotatable bonds is 3. The SMILES string of the molecule is CC1(C)C2CNCC2CN1C(=O)COCC(F)(F)F. The Morgan fingerprint density at radius 3 is 2.68 bits per heavy atom. The van der Waals surface area contributed by atoms with Crippen molar-refractivity contribution in [2.75, 3.05) is 32.8 Å². The summed E-state index contributed by atoms with van der Waals surface area (Å²) in [6.07, 6.45) is -4.39. The third-order valence-electron chi connectivity index (χ3n) is 4.15. The van der Waals surface area contributed by atoms with Gasteiger partial charge in [-0.15, -0.1) is 0 Å². The zero-order valence-electron chi connectivity index (χ0n) is 11.1. The topological polar surface area (TPSA) is 41.6 Å². The predicted molar refractivity (Wildman–Crippen MR) is 62.5 cm³/mol. The van der Waals surface area contributed by atoms with Gasteiger partial charge in [0.1, 0.15) is 13.2 Å². The van der Waals surface area contributed by atoms with Gasteiger partial charge in [-0.25, -0.2) is 0 Å². The summed E-state index contributed by atoms with van der Waals surface area (Å²) in [5.41, 5.74) is -0.327. The maximum Gasteiger partial charge on any atom is 0.411 e. The predicted octanol–water partition coefficient (Wildman–Crippen LogP) is 1.02. The minimum Gasteiger partial charge on any atom is -0.362 e. The molecule has 19 heavy (non-hydrogen) atoms. The summed E-state index contributed by atoms with van der Waals surface area (Å²) in [5.74, 6) is 0.393. The molecule has 2 unspecified atom stereocenters. The first-order valence-corrected chi connectivity index (χ1v) is 6.37. The van der Waals surface area contributed by atoms with E-state index in [2.05, 4.69) is 10.1 Å². The van der Waals surface area contributed by atoms with Crippen LogP contribution >= 0.6 is 0 Å². The smallest absolute Gasteiger partial charge is 0.362 e. The number of fused-ring (bicyclic) bond motifs is 1. The largest absolute Gasteiger partial charge is 0.411 e. The van der Waals surface area contributed by atoms with Gasteiger partial charge in [0.2, 0.25) is 5.91 Å². The van der Waals surface area contributed by atoms with Crippen molar-refractivity contribution in [2.45, 2.75) is 25.6 Å². The molecule has 2 saturated heterocycles. The minimum atomic E-state index is -4.39. The highest BCUT2D eigenvalue weighted by Crippen LogP contribution is 2.40. The quantitative estimate of drug-likeness (QED) is 0.839. The van der Waals surface area contributed by atoms with Crippen LogP contribution in [0.1, 0.15) is 13.8 Å². The van der Waals surface area contributed by atoms with Crippen LogP contribution in [0.2, 0.25) is 0 Å². The molecule has 2 fully saturated rings. The Balaban J connectivity index is 1.90. The van der Waals surface area contributed by atoms with Crippen molar-refractivity contribution in [1.82, 2.24) is 10.2 Å². The van der Waals surface area contributed by atoms with Crippen molar-refractivity contribution in [3.05, 3.63) is 0 Å². The maximum absolute atomic E-state index is 12.0. The fraction of sp³-hybridized carbons (Fsp3) is 0.917. The number of nitrogens with zero attached hydrogens (tertiary/aromatic N) is 1. The van der Waals surface area contributed by atoms with Crippen LogP contribution in [0.25, 0.3) is 0 Å². The highest BCUT2D eigenvalue weighted by molar-refractivity contribution is 5.78. The normalized spacial score (nSPS) is 29.6. The number of halogens is 3. The highest BCUT2D eigenvalue weighted by Gasteiger charge is 2.51. The molecule has 2 rings (SSSR count). The Hall–Kier alpha value is -0.820. The van der Waals surface area contributed by atoms with Crippen LogP contribution in [0.5, 0.6) is 0 Å². The molecule has 2 aliphatic rings. The van der Waals surface area contributed by atoms with Crippen molar-refractivity contribution in [1.29, 1.82) is 0 Å². The molecule has 7 heteroatoms. The number of hydrogen-bond acceptors (Lipinski definition) is 3. The molecule has 2 heterocycles. The third kappa shape index (κ3) is 3.02. The number of alkyl halides is 3. The van der Waals surface area contributed by atoms with Gasteiger partial charge in [-0.3, -0.25) is 4.79 Å². The molecule has 1 amide bonds. The number of ether oxygens (including phenoxy) is 1. The summed E-state index contributed by atoms with van der Waals surface area (Å²) in [6, 6.07) is 0. The van der Waals surface area contributed by atoms with Crippen molar-refractivity contribution in [3.63, 3.8) is 0 Å². The molecular formula is C12H19F3N2O2. The number of carbonyl (C=O) groups excluding carboxylic acids is 1. The van der Waals surface area contributed by atoms with E-state index >= 15 is 0 Å². The monoisotopic (exact) mass is 280 g/mol. The van der Waals surface area contributed by atoms with Gasteiger partial charge in [-0.1, -0.05) is 0 Å². The van der Waals surface area contributed by atoms with Crippen LogP contribution in [0.15, 0.2) is 0 Å².